The number of nitriles is 1. The number of carbonyl (C=O) groups is 1. The minimum absolute atomic E-state index is 0.191. The standard InChI is InChI=1S/C28H26ClN3O7S/c1-5-37-20-8-7-17(14-21(20)38-6-2)24-18(27(34)36-4)15-31-28-32(24)26(33)23(40-28)13-16-11-19(29)25(39-10-9-30)22(12-16)35-3/h7-8,11-15,24H,5-6,10H2,1-4H3/b23-13-/t24-/m0/s1. The maximum atomic E-state index is 13.8. The third-order valence-corrected chi connectivity index (χ3v) is 7.12. The molecule has 0 unspecified atom stereocenters. The molecule has 1 aliphatic heterocycles. The number of nitrogens with zero attached hydrogens (tertiary/aromatic N) is 3. The van der Waals surface area contributed by atoms with Gasteiger partial charge in [-0.2, -0.15) is 5.26 Å². The van der Waals surface area contributed by atoms with Gasteiger partial charge in [-0.3, -0.25) is 9.36 Å². The van der Waals surface area contributed by atoms with E-state index in [-0.39, 0.29) is 28.5 Å². The predicted molar refractivity (Wildman–Crippen MR) is 149 cm³/mol. The molecule has 10 nitrogen and oxygen atoms in total. The van der Waals surface area contributed by atoms with E-state index in [1.54, 1.807) is 36.4 Å². The van der Waals surface area contributed by atoms with Crippen molar-refractivity contribution in [2.24, 2.45) is 4.99 Å². The number of benzene rings is 2. The summed E-state index contributed by atoms with van der Waals surface area (Å²) in [4.78, 5) is 31.4. The van der Waals surface area contributed by atoms with Crippen molar-refractivity contribution in [3.8, 4) is 29.1 Å². The lowest BCUT2D eigenvalue weighted by Gasteiger charge is -2.23. The fraction of sp³-hybridized carbons (Fsp3) is 0.286. The van der Waals surface area contributed by atoms with Gasteiger partial charge in [0.1, 0.15) is 6.07 Å². The Morgan fingerprint density at radius 1 is 1.12 bits per heavy atom. The molecule has 12 heteroatoms. The summed E-state index contributed by atoms with van der Waals surface area (Å²) < 4.78 is 29.0. The molecule has 0 fully saturated rings. The minimum Gasteiger partial charge on any atom is -0.493 e. The number of thiazole rings is 1. The first kappa shape index (κ1) is 28.7. The highest BCUT2D eigenvalue weighted by Gasteiger charge is 2.31. The highest BCUT2D eigenvalue weighted by molar-refractivity contribution is 7.07. The molecule has 0 saturated heterocycles. The van der Waals surface area contributed by atoms with Gasteiger partial charge < -0.3 is 23.7 Å². The number of esters is 1. The van der Waals surface area contributed by atoms with Crippen molar-refractivity contribution >= 4 is 35.0 Å². The molecule has 1 aromatic heterocycles. The SMILES string of the molecule is CCOc1ccc([C@H]2C(C(=O)OC)=CN=c3s/c(=C\c4cc(Cl)c(OCC#N)c(OC)c4)c(=O)n32)cc1OCC. The van der Waals surface area contributed by atoms with Crippen LogP contribution in [-0.2, 0) is 9.53 Å². The fourth-order valence-electron chi connectivity index (χ4n) is 4.21. The van der Waals surface area contributed by atoms with E-state index in [0.717, 1.165) is 11.3 Å². The van der Waals surface area contributed by atoms with E-state index < -0.39 is 12.0 Å². The molecule has 0 bridgehead atoms. The second-order valence-corrected chi connectivity index (χ2v) is 9.65. The Kier molecular flexibility index (Phi) is 9.14. The summed E-state index contributed by atoms with van der Waals surface area (Å²) in [6.45, 7) is 4.37. The summed E-state index contributed by atoms with van der Waals surface area (Å²) in [5, 5.41) is 9.06. The normalized spacial score (nSPS) is 14.3. The fourth-order valence-corrected chi connectivity index (χ4v) is 5.45. The van der Waals surface area contributed by atoms with Crippen LogP contribution in [0.3, 0.4) is 0 Å². The first-order valence-corrected chi connectivity index (χ1v) is 13.4. The van der Waals surface area contributed by atoms with Crippen LogP contribution in [0.4, 0.5) is 0 Å². The van der Waals surface area contributed by atoms with Crippen molar-refractivity contribution in [1.29, 1.82) is 5.26 Å². The molecule has 0 N–H and O–H groups in total. The second-order valence-electron chi connectivity index (χ2n) is 8.23. The molecule has 2 heterocycles. The van der Waals surface area contributed by atoms with Gasteiger partial charge in [-0.25, -0.2) is 9.79 Å². The number of hydrogen-bond acceptors (Lipinski definition) is 10. The highest BCUT2D eigenvalue weighted by atomic mass is 35.5. The summed E-state index contributed by atoms with van der Waals surface area (Å²) in [6, 6.07) is 9.60. The Morgan fingerprint density at radius 2 is 1.88 bits per heavy atom. The summed E-state index contributed by atoms with van der Waals surface area (Å²) >= 11 is 7.55. The van der Waals surface area contributed by atoms with Crippen LogP contribution in [0, 0.1) is 11.3 Å². The van der Waals surface area contributed by atoms with Gasteiger partial charge in [0.25, 0.3) is 5.56 Å². The van der Waals surface area contributed by atoms with Crippen molar-refractivity contribution in [1.82, 2.24) is 4.57 Å². The summed E-state index contributed by atoms with van der Waals surface area (Å²) in [7, 11) is 2.72. The van der Waals surface area contributed by atoms with Crippen molar-refractivity contribution in [3.63, 3.8) is 0 Å². The first-order chi connectivity index (χ1) is 19.4. The summed E-state index contributed by atoms with van der Waals surface area (Å²) in [5.74, 6) is 0.972. The van der Waals surface area contributed by atoms with Crippen molar-refractivity contribution in [2.75, 3.05) is 34.0 Å². The van der Waals surface area contributed by atoms with Crippen LogP contribution in [0.1, 0.15) is 31.0 Å². The quantitative estimate of drug-likeness (QED) is 0.333. The number of halogens is 1. The smallest absolute Gasteiger partial charge is 0.337 e. The number of rotatable bonds is 10. The van der Waals surface area contributed by atoms with E-state index in [1.165, 1.54) is 25.0 Å². The Morgan fingerprint density at radius 3 is 2.55 bits per heavy atom. The molecule has 0 radical (unpaired) electrons. The van der Waals surface area contributed by atoms with Crippen LogP contribution in [0.2, 0.25) is 5.02 Å². The topological polar surface area (TPSA) is 121 Å². The molecule has 0 amide bonds. The van der Waals surface area contributed by atoms with Gasteiger partial charge in [-0.1, -0.05) is 29.0 Å². The summed E-state index contributed by atoms with van der Waals surface area (Å²) in [6.07, 6.45) is 3.07. The first-order valence-electron chi connectivity index (χ1n) is 12.2. The van der Waals surface area contributed by atoms with Crippen LogP contribution in [0.15, 0.2) is 51.9 Å². The molecule has 40 heavy (non-hydrogen) atoms. The van der Waals surface area contributed by atoms with Gasteiger partial charge in [0.05, 0.1) is 48.6 Å². The van der Waals surface area contributed by atoms with Gasteiger partial charge >= 0.3 is 5.97 Å². The predicted octanol–water partition coefficient (Wildman–Crippen LogP) is 3.38. The highest BCUT2D eigenvalue weighted by Crippen LogP contribution is 2.37. The molecule has 208 valence electrons. The number of ether oxygens (including phenoxy) is 5. The van der Waals surface area contributed by atoms with E-state index in [9.17, 15) is 9.59 Å². The van der Waals surface area contributed by atoms with Gasteiger partial charge in [0.2, 0.25) is 0 Å². The van der Waals surface area contributed by atoms with Crippen LogP contribution in [0.25, 0.3) is 6.08 Å². The molecule has 2 aromatic carbocycles. The van der Waals surface area contributed by atoms with Crippen LogP contribution in [-0.4, -0.2) is 44.6 Å². The zero-order valence-electron chi connectivity index (χ0n) is 22.2. The molecule has 0 saturated carbocycles. The molecule has 3 aromatic rings. The van der Waals surface area contributed by atoms with E-state index in [1.807, 2.05) is 19.9 Å². The van der Waals surface area contributed by atoms with E-state index in [2.05, 4.69) is 4.99 Å². The largest absolute Gasteiger partial charge is 0.493 e. The lowest BCUT2D eigenvalue weighted by Crippen LogP contribution is -2.39. The molecule has 1 atom stereocenters. The minimum atomic E-state index is -0.819. The van der Waals surface area contributed by atoms with Crippen molar-refractivity contribution in [2.45, 2.75) is 19.9 Å². The number of methoxy groups -OCH3 is 2. The average Bonchev–Trinajstić information content (AvgIpc) is 3.27. The van der Waals surface area contributed by atoms with E-state index in [4.69, 9.17) is 40.5 Å². The molecule has 4 rings (SSSR count). The molecular weight excluding hydrogens is 558 g/mol. The number of carbonyl (C=O) groups excluding carboxylic acids is 1. The Bertz CT molecular complexity index is 1690. The van der Waals surface area contributed by atoms with Crippen molar-refractivity contribution in [3.05, 3.63) is 77.9 Å². The van der Waals surface area contributed by atoms with E-state index >= 15 is 0 Å². The van der Waals surface area contributed by atoms with Gasteiger partial charge in [0, 0.05) is 6.20 Å². The Labute approximate surface area is 238 Å². The third kappa shape index (κ3) is 5.68. The van der Waals surface area contributed by atoms with Crippen molar-refractivity contribution < 1.29 is 28.5 Å². The molecule has 0 spiro atoms. The van der Waals surface area contributed by atoms with Crippen LogP contribution < -0.4 is 33.8 Å². The lowest BCUT2D eigenvalue weighted by atomic mass is 9.97. The molecular formula is C28H26ClN3O7S. The van der Waals surface area contributed by atoms with Crippen LogP contribution >= 0.6 is 22.9 Å². The second kappa shape index (κ2) is 12.7. The zero-order valence-corrected chi connectivity index (χ0v) is 23.8. The number of fused-ring (bicyclic) bond motifs is 1. The average molecular weight is 584 g/mol. The monoisotopic (exact) mass is 583 g/mol. The van der Waals surface area contributed by atoms with Gasteiger partial charge in [-0.05, 0) is 55.3 Å². The van der Waals surface area contributed by atoms with E-state index in [0.29, 0.717) is 50.9 Å². The van der Waals surface area contributed by atoms with Gasteiger partial charge in [0.15, 0.2) is 34.4 Å². The lowest BCUT2D eigenvalue weighted by molar-refractivity contribution is -0.136. The summed E-state index contributed by atoms with van der Waals surface area (Å²) in [5.41, 5.74) is 1.02. The maximum absolute atomic E-state index is 13.8. The maximum Gasteiger partial charge on any atom is 0.337 e. The number of hydrogen-bond donors (Lipinski definition) is 0. The Hall–Kier alpha value is -4.27. The third-order valence-electron chi connectivity index (χ3n) is 5.84. The zero-order chi connectivity index (χ0) is 28.8. The number of aromatic nitrogens is 1. The Balaban J connectivity index is 1.88. The molecule has 1 aliphatic rings. The van der Waals surface area contributed by atoms with Gasteiger partial charge in [-0.15, -0.1) is 0 Å². The van der Waals surface area contributed by atoms with Crippen LogP contribution in [0.5, 0.6) is 23.0 Å². The molecule has 0 aliphatic carbocycles.